The van der Waals surface area contributed by atoms with Gasteiger partial charge >= 0.3 is 0 Å². The Bertz CT molecular complexity index is 1540. The maximum absolute atomic E-state index is 13.3. The Balaban J connectivity index is 1.48. The van der Waals surface area contributed by atoms with Gasteiger partial charge in [0.05, 0.1) is 13.7 Å². The summed E-state index contributed by atoms with van der Waals surface area (Å²) in [7, 11) is 1.60. The number of ether oxygens (including phenoxy) is 2. The molecule has 0 fully saturated rings. The summed E-state index contributed by atoms with van der Waals surface area (Å²) in [6.45, 7) is 2.44. The molecule has 4 aromatic rings. The number of allylic oxidation sites excluding steroid dienone is 1. The Hall–Kier alpha value is -5.43. The highest BCUT2D eigenvalue weighted by molar-refractivity contribution is 6.11. The molecule has 7 nitrogen and oxygen atoms in total. The van der Waals surface area contributed by atoms with Gasteiger partial charge in [0.1, 0.15) is 17.2 Å². The smallest absolute Gasteiger partial charge is 0.272 e. The van der Waals surface area contributed by atoms with Gasteiger partial charge in [-0.1, -0.05) is 48.5 Å². The second kappa shape index (κ2) is 14.1. The van der Waals surface area contributed by atoms with Crippen LogP contribution in [0.3, 0.4) is 0 Å². The van der Waals surface area contributed by atoms with Gasteiger partial charge in [-0.05, 0) is 90.9 Å². The van der Waals surface area contributed by atoms with Crippen molar-refractivity contribution in [3.05, 3.63) is 137 Å². The molecule has 0 unspecified atom stereocenters. The molecule has 0 atom stereocenters. The zero-order valence-corrected chi connectivity index (χ0v) is 22.8. The highest BCUT2D eigenvalue weighted by atomic mass is 16.5. The summed E-state index contributed by atoms with van der Waals surface area (Å²) in [4.78, 5) is 38.8. The van der Waals surface area contributed by atoms with Crippen molar-refractivity contribution < 1.29 is 23.9 Å². The topological polar surface area (TPSA) is 93.7 Å². The molecule has 4 rings (SSSR count). The molecule has 0 aliphatic heterocycles. The minimum atomic E-state index is -0.512. The molecule has 0 bridgehead atoms. The first kappa shape index (κ1) is 28.6. The van der Waals surface area contributed by atoms with E-state index in [1.54, 1.807) is 92.1 Å². The van der Waals surface area contributed by atoms with Crippen molar-refractivity contribution in [1.82, 2.24) is 5.32 Å². The normalized spacial score (nSPS) is 11.1. The fourth-order valence-electron chi connectivity index (χ4n) is 3.84. The summed E-state index contributed by atoms with van der Waals surface area (Å²) >= 11 is 0. The molecule has 4 aromatic carbocycles. The average Bonchev–Trinajstić information content (AvgIpc) is 3.01. The predicted molar refractivity (Wildman–Crippen MR) is 161 cm³/mol. The van der Waals surface area contributed by atoms with Gasteiger partial charge in [-0.15, -0.1) is 0 Å². The number of anilines is 1. The molecule has 7 heteroatoms. The van der Waals surface area contributed by atoms with Gasteiger partial charge in [-0.3, -0.25) is 14.4 Å². The van der Waals surface area contributed by atoms with E-state index in [0.717, 1.165) is 11.3 Å². The predicted octanol–water partition coefficient (Wildman–Crippen LogP) is 6.40. The second-order valence-corrected chi connectivity index (χ2v) is 8.88. The number of carbonyl (C=O) groups is 3. The van der Waals surface area contributed by atoms with Crippen LogP contribution in [0.5, 0.6) is 11.5 Å². The van der Waals surface area contributed by atoms with Crippen LogP contribution >= 0.6 is 0 Å². The number of rotatable bonds is 11. The number of amides is 2. The summed E-state index contributed by atoms with van der Waals surface area (Å²) in [5.41, 5.74) is 2.99. The minimum absolute atomic E-state index is 0.0607. The van der Waals surface area contributed by atoms with Crippen LogP contribution in [0.15, 0.2) is 115 Å². The van der Waals surface area contributed by atoms with E-state index in [2.05, 4.69) is 10.6 Å². The van der Waals surface area contributed by atoms with Crippen LogP contribution in [0, 0.1) is 0 Å². The highest BCUT2D eigenvalue weighted by Crippen LogP contribution is 2.17. The fraction of sp³-hybridized carbons (Fsp3) is 0.0882. The molecule has 0 aliphatic rings. The Morgan fingerprint density at radius 2 is 1.37 bits per heavy atom. The third-order valence-corrected chi connectivity index (χ3v) is 6.00. The van der Waals surface area contributed by atoms with Crippen LogP contribution in [0.2, 0.25) is 0 Å². The summed E-state index contributed by atoms with van der Waals surface area (Å²) in [6.07, 6.45) is 4.81. The van der Waals surface area contributed by atoms with Gasteiger partial charge in [-0.2, -0.15) is 0 Å². The van der Waals surface area contributed by atoms with Gasteiger partial charge in [0.25, 0.3) is 11.8 Å². The maximum Gasteiger partial charge on any atom is 0.272 e. The maximum atomic E-state index is 13.3. The van der Waals surface area contributed by atoms with Crippen molar-refractivity contribution >= 4 is 35.4 Å². The number of hydrogen-bond donors (Lipinski definition) is 2. The molecule has 2 amide bonds. The van der Waals surface area contributed by atoms with E-state index >= 15 is 0 Å². The molecule has 41 heavy (non-hydrogen) atoms. The first-order chi connectivity index (χ1) is 19.9. The Labute approximate surface area is 239 Å². The number of benzene rings is 4. The first-order valence-corrected chi connectivity index (χ1v) is 13.0. The minimum Gasteiger partial charge on any atom is -0.497 e. The third kappa shape index (κ3) is 8.28. The van der Waals surface area contributed by atoms with Crippen molar-refractivity contribution in [1.29, 1.82) is 0 Å². The lowest BCUT2D eigenvalue weighted by Crippen LogP contribution is -2.30. The summed E-state index contributed by atoms with van der Waals surface area (Å²) in [6, 6.07) is 29.7. The quantitative estimate of drug-likeness (QED) is 0.168. The summed E-state index contributed by atoms with van der Waals surface area (Å²) in [5, 5.41) is 5.52. The van der Waals surface area contributed by atoms with E-state index in [1.807, 2.05) is 37.3 Å². The van der Waals surface area contributed by atoms with Crippen molar-refractivity contribution in [3.63, 3.8) is 0 Å². The highest BCUT2D eigenvalue weighted by Gasteiger charge is 2.15. The Kier molecular flexibility index (Phi) is 9.82. The number of methoxy groups -OCH3 is 1. The van der Waals surface area contributed by atoms with Crippen LogP contribution in [0.25, 0.3) is 12.2 Å². The van der Waals surface area contributed by atoms with E-state index in [-0.39, 0.29) is 11.5 Å². The van der Waals surface area contributed by atoms with Gasteiger partial charge in [0.2, 0.25) is 0 Å². The third-order valence-electron chi connectivity index (χ3n) is 6.00. The van der Waals surface area contributed by atoms with Crippen molar-refractivity contribution in [3.8, 4) is 11.5 Å². The molecule has 0 spiro atoms. The van der Waals surface area contributed by atoms with Gasteiger partial charge < -0.3 is 20.1 Å². The first-order valence-electron chi connectivity index (χ1n) is 13.0. The summed E-state index contributed by atoms with van der Waals surface area (Å²) in [5.74, 6) is 0.342. The second-order valence-electron chi connectivity index (χ2n) is 8.88. The van der Waals surface area contributed by atoms with Crippen molar-refractivity contribution in [2.75, 3.05) is 19.0 Å². The lowest BCUT2D eigenvalue weighted by molar-refractivity contribution is -0.113. The van der Waals surface area contributed by atoms with Crippen LogP contribution in [0.4, 0.5) is 5.69 Å². The molecule has 0 heterocycles. The van der Waals surface area contributed by atoms with E-state index in [0.29, 0.717) is 34.7 Å². The number of hydrogen-bond acceptors (Lipinski definition) is 5. The lowest BCUT2D eigenvalue weighted by Gasteiger charge is -2.12. The number of ketones is 1. The molecule has 0 aliphatic carbocycles. The molecule has 0 aromatic heterocycles. The average molecular weight is 547 g/mol. The van der Waals surface area contributed by atoms with Gasteiger partial charge in [0, 0.05) is 16.8 Å². The van der Waals surface area contributed by atoms with E-state index in [9.17, 15) is 14.4 Å². The Morgan fingerprint density at radius 1 is 0.732 bits per heavy atom. The van der Waals surface area contributed by atoms with Crippen LogP contribution in [-0.2, 0) is 4.79 Å². The molecule has 0 saturated heterocycles. The van der Waals surface area contributed by atoms with Crippen LogP contribution in [-0.4, -0.2) is 31.3 Å². The van der Waals surface area contributed by atoms with Crippen LogP contribution < -0.4 is 20.1 Å². The van der Waals surface area contributed by atoms with Gasteiger partial charge in [0.15, 0.2) is 5.78 Å². The fourth-order valence-corrected chi connectivity index (χ4v) is 3.84. The molecule has 0 radical (unpaired) electrons. The SMILES string of the molecule is CCOc1ccc(/C=C(\NC(=O)c2ccccc2)C(=O)Nc2ccc(C(=O)/C=C/c3ccc(OC)cc3)cc2)cc1. The number of nitrogens with one attached hydrogen (secondary N) is 2. The molecule has 0 saturated carbocycles. The number of carbonyl (C=O) groups excluding carboxylic acids is 3. The lowest BCUT2D eigenvalue weighted by atomic mass is 10.1. The monoisotopic (exact) mass is 546 g/mol. The molecular weight excluding hydrogens is 516 g/mol. The van der Waals surface area contributed by atoms with E-state index in [4.69, 9.17) is 9.47 Å². The largest absolute Gasteiger partial charge is 0.497 e. The molecule has 206 valence electrons. The summed E-state index contributed by atoms with van der Waals surface area (Å²) < 4.78 is 10.6. The van der Waals surface area contributed by atoms with Crippen molar-refractivity contribution in [2.45, 2.75) is 6.92 Å². The molecular formula is C34H30N2O5. The van der Waals surface area contributed by atoms with Gasteiger partial charge in [-0.25, -0.2) is 0 Å². The van der Waals surface area contributed by atoms with E-state index in [1.165, 1.54) is 6.08 Å². The zero-order valence-electron chi connectivity index (χ0n) is 22.8. The van der Waals surface area contributed by atoms with E-state index < -0.39 is 11.8 Å². The standard InChI is InChI=1S/C34H30N2O5/c1-3-41-30-20-11-25(12-21-30)23-31(36-33(38)27-7-5-4-6-8-27)34(39)35-28-16-14-26(15-17-28)32(37)22-13-24-9-18-29(40-2)19-10-24/h4-23H,3H2,1-2H3,(H,35,39)(H,36,38)/b22-13+,31-23-. The zero-order chi connectivity index (χ0) is 29.0. The van der Waals surface area contributed by atoms with Crippen molar-refractivity contribution in [2.24, 2.45) is 0 Å². The molecule has 2 N–H and O–H groups in total. The Morgan fingerprint density at radius 3 is 2.00 bits per heavy atom. The van der Waals surface area contributed by atoms with Crippen LogP contribution in [0.1, 0.15) is 38.8 Å².